The zero-order valence-electron chi connectivity index (χ0n) is 16.7. The van der Waals surface area contributed by atoms with Crippen molar-refractivity contribution in [3.05, 3.63) is 60.0 Å². The van der Waals surface area contributed by atoms with E-state index in [9.17, 15) is 4.79 Å². The molecule has 0 aromatic carbocycles. The molecule has 0 spiro atoms. The quantitative estimate of drug-likeness (QED) is 0.480. The van der Waals surface area contributed by atoms with Crippen LogP contribution in [0.4, 0.5) is 10.9 Å². The van der Waals surface area contributed by atoms with Crippen LogP contribution in [0.3, 0.4) is 0 Å². The highest BCUT2D eigenvalue weighted by Gasteiger charge is 2.17. The molecule has 0 aliphatic carbocycles. The van der Waals surface area contributed by atoms with E-state index >= 15 is 0 Å². The van der Waals surface area contributed by atoms with E-state index < -0.39 is 0 Å². The van der Waals surface area contributed by atoms with Gasteiger partial charge in [0.05, 0.1) is 23.6 Å². The maximum atomic E-state index is 12.9. The number of fused-ring (bicyclic) bond motifs is 1. The molecule has 1 aliphatic rings. The Bertz CT molecular complexity index is 1230. The van der Waals surface area contributed by atoms with Gasteiger partial charge in [-0.05, 0) is 35.9 Å². The molecule has 156 valence electrons. The van der Waals surface area contributed by atoms with Crippen molar-refractivity contribution in [2.45, 2.75) is 6.42 Å². The van der Waals surface area contributed by atoms with Crippen molar-refractivity contribution in [1.29, 1.82) is 0 Å². The number of nitrogens with zero attached hydrogens (tertiary/aromatic N) is 5. The lowest BCUT2D eigenvalue weighted by Crippen LogP contribution is -2.36. The summed E-state index contributed by atoms with van der Waals surface area (Å²) in [5.74, 6) is 0.378. The van der Waals surface area contributed by atoms with Crippen LogP contribution in [0, 0.1) is 0 Å². The van der Waals surface area contributed by atoms with E-state index in [1.165, 1.54) is 0 Å². The first-order chi connectivity index (χ1) is 15.2. The first-order valence-electron chi connectivity index (χ1n) is 9.96. The van der Waals surface area contributed by atoms with E-state index in [0.717, 1.165) is 34.0 Å². The highest BCUT2D eigenvalue weighted by atomic mass is 32.1. The third kappa shape index (κ3) is 4.23. The van der Waals surface area contributed by atoms with Gasteiger partial charge in [-0.3, -0.25) is 4.79 Å². The summed E-state index contributed by atoms with van der Waals surface area (Å²) in [5.41, 5.74) is 9.11. The Morgan fingerprint density at radius 2 is 1.97 bits per heavy atom. The Morgan fingerprint density at radius 3 is 2.77 bits per heavy atom. The van der Waals surface area contributed by atoms with E-state index in [1.807, 2.05) is 24.3 Å². The molecule has 5 heterocycles. The van der Waals surface area contributed by atoms with Crippen molar-refractivity contribution in [3.8, 4) is 11.3 Å². The van der Waals surface area contributed by atoms with E-state index in [1.54, 1.807) is 35.9 Å². The second-order valence-electron chi connectivity index (χ2n) is 7.24. The van der Waals surface area contributed by atoms with Crippen molar-refractivity contribution in [2.24, 2.45) is 0 Å². The molecule has 5 rings (SSSR count). The molecule has 1 saturated heterocycles. The number of anilines is 2. The smallest absolute Gasteiger partial charge is 0.188 e. The average molecular weight is 433 g/mol. The molecule has 1 aliphatic heterocycles. The number of morpholine rings is 1. The van der Waals surface area contributed by atoms with Crippen LogP contribution in [0.1, 0.15) is 16.1 Å². The zero-order chi connectivity index (χ0) is 21.2. The third-order valence-electron chi connectivity index (χ3n) is 5.06. The fraction of sp³-hybridized carbons (Fsp3) is 0.227. The number of thiazole rings is 1. The number of carbonyl (C=O) groups is 1. The van der Waals surface area contributed by atoms with Gasteiger partial charge >= 0.3 is 0 Å². The predicted molar refractivity (Wildman–Crippen MR) is 120 cm³/mol. The van der Waals surface area contributed by atoms with Crippen molar-refractivity contribution < 1.29 is 9.53 Å². The van der Waals surface area contributed by atoms with Gasteiger partial charge in [0.1, 0.15) is 11.5 Å². The van der Waals surface area contributed by atoms with Gasteiger partial charge in [0.25, 0.3) is 0 Å². The van der Waals surface area contributed by atoms with Crippen LogP contribution >= 0.6 is 11.3 Å². The van der Waals surface area contributed by atoms with E-state index in [4.69, 9.17) is 10.5 Å². The molecule has 4 aromatic heterocycles. The number of ketones is 1. The van der Waals surface area contributed by atoms with Crippen LogP contribution in [0.2, 0.25) is 0 Å². The Kier molecular flexibility index (Phi) is 5.27. The monoisotopic (exact) mass is 432 g/mol. The molecule has 2 N–H and O–H groups in total. The molecule has 0 saturated carbocycles. The summed E-state index contributed by atoms with van der Waals surface area (Å²) in [6, 6.07) is 11.0. The average Bonchev–Trinajstić information content (AvgIpc) is 3.24. The summed E-state index contributed by atoms with van der Waals surface area (Å²) in [7, 11) is 0. The number of hydrogen-bond donors (Lipinski definition) is 1. The summed E-state index contributed by atoms with van der Waals surface area (Å²) in [6.07, 6.45) is 3.60. The molecule has 8 nitrogen and oxygen atoms in total. The van der Waals surface area contributed by atoms with Gasteiger partial charge in [0, 0.05) is 37.5 Å². The van der Waals surface area contributed by atoms with E-state index in [2.05, 4.69) is 24.8 Å². The molecule has 9 heteroatoms. The topological polar surface area (TPSA) is 107 Å². The molecule has 0 amide bonds. The lowest BCUT2D eigenvalue weighted by Gasteiger charge is -2.25. The van der Waals surface area contributed by atoms with Crippen LogP contribution in [-0.2, 0) is 11.2 Å². The minimum absolute atomic E-state index is 0.0654. The summed E-state index contributed by atoms with van der Waals surface area (Å²) in [5, 5.41) is 0.945. The van der Waals surface area contributed by atoms with Crippen LogP contribution in [-0.4, -0.2) is 52.0 Å². The molecule has 0 radical (unpaired) electrons. The highest BCUT2D eigenvalue weighted by molar-refractivity contribution is 7.22. The molecule has 0 atom stereocenters. The molecule has 0 unspecified atom stereocenters. The summed E-state index contributed by atoms with van der Waals surface area (Å²) in [6.45, 7) is 3.08. The van der Waals surface area contributed by atoms with Gasteiger partial charge in [-0.1, -0.05) is 17.4 Å². The number of nitrogen functional groups attached to an aromatic ring is 1. The van der Waals surface area contributed by atoms with Gasteiger partial charge in [-0.15, -0.1) is 0 Å². The summed E-state index contributed by atoms with van der Waals surface area (Å²) < 4.78 is 6.38. The van der Waals surface area contributed by atoms with Gasteiger partial charge in [-0.25, -0.2) is 15.0 Å². The number of carbonyl (C=O) groups excluding carboxylic acids is 1. The largest absolute Gasteiger partial charge is 0.384 e. The summed E-state index contributed by atoms with van der Waals surface area (Å²) in [4.78, 5) is 32.8. The van der Waals surface area contributed by atoms with Gasteiger partial charge < -0.3 is 15.4 Å². The molecule has 31 heavy (non-hydrogen) atoms. The van der Waals surface area contributed by atoms with Crippen LogP contribution in [0.15, 0.2) is 48.8 Å². The van der Waals surface area contributed by atoms with Gasteiger partial charge in [0.2, 0.25) is 0 Å². The zero-order valence-corrected chi connectivity index (χ0v) is 17.5. The van der Waals surface area contributed by atoms with Gasteiger partial charge in [-0.2, -0.15) is 4.98 Å². The SMILES string of the molecule is Nc1ccc(-c2cccc(C(=O)Cc3cnc4nc(N5CCOCC5)sc4c3)n2)cn1. The Hall–Kier alpha value is -3.43. The first kappa shape index (κ1) is 19.5. The maximum Gasteiger partial charge on any atom is 0.188 e. The number of ether oxygens (including phenoxy) is 1. The number of nitrogens with two attached hydrogens (primary N) is 1. The summed E-state index contributed by atoms with van der Waals surface area (Å²) >= 11 is 1.59. The molecule has 1 fully saturated rings. The molecule has 0 bridgehead atoms. The second kappa shape index (κ2) is 8.37. The number of rotatable bonds is 5. The van der Waals surface area contributed by atoms with Crippen molar-refractivity contribution in [1.82, 2.24) is 19.9 Å². The maximum absolute atomic E-state index is 12.9. The van der Waals surface area contributed by atoms with E-state index in [-0.39, 0.29) is 12.2 Å². The predicted octanol–water partition coefficient (Wildman–Crippen LogP) is 2.99. The number of Topliss-reactive ketones (excluding diaryl/α,β-unsaturated/α-hetero) is 1. The van der Waals surface area contributed by atoms with Crippen molar-refractivity contribution in [2.75, 3.05) is 36.9 Å². The Morgan fingerprint density at radius 1 is 1.10 bits per heavy atom. The fourth-order valence-corrected chi connectivity index (χ4v) is 4.46. The number of aromatic nitrogens is 4. The standard InChI is InChI=1S/C22H20N6O2S/c23-20-5-4-15(13-24-20)16-2-1-3-17(26-16)18(29)10-14-11-19-21(25-12-14)27-22(31-19)28-6-8-30-9-7-28/h1-5,11-13H,6-10H2,(H2,23,24). The molecule has 4 aromatic rings. The molecular weight excluding hydrogens is 412 g/mol. The van der Waals surface area contributed by atoms with Crippen LogP contribution in [0.25, 0.3) is 21.6 Å². The van der Waals surface area contributed by atoms with Crippen molar-refractivity contribution >= 4 is 38.4 Å². The lowest BCUT2D eigenvalue weighted by molar-refractivity contribution is 0.0988. The number of hydrogen-bond acceptors (Lipinski definition) is 9. The Labute approximate surface area is 182 Å². The Balaban J connectivity index is 1.35. The fourth-order valence-electron chi connectivity index (χ4n) is 3.42. The normalized spacial score (nSPS) is 14.1. The lowest BCUT2D eigenvalue weighted by atomic mass is 10.1. The molecular formula is C22H20N6O2S. The van der Waals surface area contributed by atoms with Crippen LogP contribution in [0.5, 0.6) is 0 Å². The third-order valence-corrected chi connectivity index (χ3v) is 6.11. The first-order valence-corrected chi connectivity index (χ1v) is 10.8. The minimum Gasteiger partial charge on any atom is -0.384 e. The van der Waals surface area contributed by atoms with E-state index in [0.29, 0.717) is 36.1 Å². The van der Waals surface area contributed by atoms with Crippen molar-refractivity contribution in [3.63, 3.8) is 0 Å². The number of pyridine rings is 3. The van der Waals surface area contributed by atoms with Gasteiger partial charge in [0.15, 0.2) is 16.6 Å². The minimum atomic E-state index is -0.0654. The van der Waals surface area contributed by atoms with Crippen LogP contribution < -0.4 is 10.6 Å². The highest BCUT2D eigenvalue weighted by Crippen LogP contribution is 2.29. The second-order valence-corrected chi connectivity index (χ2v) is 8.25.